The van der Waals surface area contributed by atoms with E-state index in [9.17, 15) is 4.79 Å². The SMILES string of the molecule is CCCCCCCC/C=C\CCCCCCCC(=O)OOCCCC. The second-order valence-electron chi connectivity index (χ2n) is 6.97. The summed E-state index contributed by atoms with van der Waals surface area (Å²) in [7, 11) is 0. The van der Waals surface area contributed by atoms with Crippen LogP contribution in [-0.4, -0.2) is 12.6 Å². The van der Waals surface area contributed by atoms with Crippen molar-refractivity contribution in [2.24, 2.45) is 0 Å². The van der Waals surface area contributed by atoms with E-state index < -0.39 is 0 Å². The van der Waals surface area contributed by atoms with Gasteiger partial charge in [0.25, 0.3) is 0 Å². The predicted octanol–water partition coefficient (Wildman–Crippen LogP) is 7.30. The molecule has 3 nitrogen and oxygen atoms in total. The monoisotopic (exact) mass is 354 g/mol. The van der Waals surface area contributed by atoms with Gasteiger partial charge in [-0.05, 0) is 38.5 Å². The van der Waals surface area contributed by atoms with Gasteiger partial charge in [-0.3, -0.25) is 4.89 Å². The normalized spacial score (nSPS) is 11.3. The molecule has 3 heteroatoms. The average Bonchev–Trinajstić information content (AvgIpc) is 2.62. The summed E-state index contributed by atoms with van der Waals surface area (Å²) in [6.07, 6.45) is 23.6. The third-order valence-corrected chi connectivity index (χ3v) is 4.38. The molecule has 0 aliphatic heterocycles. The summed E-state index contributed by atoms with van der Waals surface area (Å²) >= 11 is 0. The molecule has 0 aliphatic rings. The Morgan fingerprint density at radius 2 is 1.20 bits per heavy atom. The van der Waals surface area contributed by atoms with Crippen LogP contribution in [0.5, 0.6) is 0 Å². The summed E-state index contributed by atoms with van der Waals surface area (Å²) in [6, 6.07) is 0. The Labute approximate surface area is 156 Å². The molecule has 0 atom stereocenters. The molecular weight excluding hydrogens is 312 g/mol. The molecule has 0 aromatic heterocycles. The quantitative estimate of drug-likeness (QED) is 0.106. The van der Waals surface area contributed by atoms with Crippen molar-refractivity contribution in [3.05, 3.63) is 12.2 Å². The lowest BCUT2D eigenvalue weighted by molar-refractivity contribution is -0.272. The number of allylic oxidation sites excluding steroid dienone is 2. The van der Waals surface area contributed by atoms with Gasteiger partial charge < -0.3 is 0 Å². The second-order valence-corrected chi connectivity index (χ2v) is 6.97. The zero-order valence-corrected chi connectivity index (χ0v) is 16.9. The smallest absolute Gasteiger partial charge is 0.298 e. The highest BCUT2D eigenvalue weighted by molar-refractivity contribution is 5.68. The van der Waals surface area contributed by atoms with E-state index in [-0.39, 0.29) is 5.97 Å². The summed E-state index contributed by atoms with van der Waals surface area (Å²) < 4.78 is 0. The first-order chi connectivity index (χ1) is 12.3. The standard InChI is InChI=1S/C22H42O3/c1-3-5-7-8-9-10-11-12-13-14-15-16-17-18-19-20-22(23)25-24-21-6-4-2/h12-13H,3-11,14-21H2,1-2H3/b13-12-. The van der Waals surface area contributed by atoms with Crippen molar-refractivity contribution in [1.82, 2.24) is 0 Å². The van der Waals surface area contributed by atoms with Crippen LogP contribution in [0.1, 0.15) is 117 Å². The zero-order valence-electron chi connectivity index (χ0n) is 16.9. The molecule has 0 spiro atoms. The average molecular weight is 355 g/mol. The molecule has 0 rings (SSSR count). The van der Waals surface area contributed by atoms with Gasteiger partial charge in [0.15, 0.2) is 0 Å². The number of hydrogen-bond donors (Lipinski definition) is 0. The maximum atomic E-state index is 11.4. The van der Waals surface area contributed by atoms with Crippen molar-refractivity contribution in [1.29, 1.82) is 0 Å². The molecule has 148 valence electrons. The first-order valence-electron chi connectivity index (χ1n) is 10.8. The van der Waals surface area contributed by atoms with Crippen LogP contribution in [0.2, 0.25) is 0 Å². The molecule has 0 unspecified atom stereocenters. The van der Waals surface area contributed by atoms with Gasteiger partial charge in [0.2, 0.25) is 0 Å². The Hall–Kier alpha value is -0.830. The lowest BCUT2D eigenvalue weighted by atomic mass is 10.1. The first-order valence-corrected chi connectivity index (χ1v) is 10.8. The minimum atomic E-state index is -0.228. The molecule has 0 radical (unpaired) electrons. The predicted molar refractivity (Wildman–Crippen MR) is 106 cm³/mol. The summed E-state index contributed by atoms with van der Waals surface area (Å²) in [4.78, 5) is 21.0. The van der Waals surface area contributed by atoms with Crippen LogP contribution in [0, 0.1) is 0 Å². The Morgan fingerprint density at radius 3 is 1.80 bits per heavy atom. The summed E-state index contributed by atoms with van der Waals surface area (Å²) in [5.41, 5.74) is 0. The Morgan fingerprint density at radius 1 is 0.680 bits per heavy atom. The molecule has 0 fully saturated rings. The number of hydrogen-bond acceptors (Lipinski definition) is 3. The largest absolute Gasteiger partial charge is 0.342 e. The molecule has 0 aromatic carbocycles. The first kappa shape index (κ1) is 24.2. The fourth-order valence-electron chi connectivity index (χ4n) is 2.69. The lowest BCUT2D eigenvalue weighted by Crippen LogP contribution is -2.06. The minimum Gasteiger partial charge on any atom is -0.298 e. The topological polar surface area (TPSA) is 35.5 Å². The van der Waals surface area contributed by atoms with Crippen molar-refractivity contribution in [3.8, 4) is 0 Å². The van der Waals surface area contributed by atoms with Crippen LogP contribution in [0.4, 0.5) is 0 Å². The molecule has 0 saturated carbocycles. The maximum Gasteiger partial charge on any atom is 0.342 e. The molecule has 0 saturated heterocycles. The third kappa shape index (κ3) is 21.1. The highest BCUT2D eigenvalue weighted by Gasteiger charge is 2.03. The molecule has 0 N–H and O–H groups in total. The van der Waals surface area contributed by atoms with Crippen LogP contribution >= 0.6 is 0 Å². The van der Waals surface area contributed by atoms with Gasteiger partial charge in [-0.2, -0.15) is 4.89 Å². The third-order valence-electron chi connectivity index (χ3n) is 4.38. The van der Waals surface area contributed by atoms with Crippen LogP contribution in [-0.2, 0) is 14.6 Å². The van der Waals surface area contributed by atoms with Crippen LogP contribution < -0.4 is 0 Å². The molecule has 0 aromatic rings. The Kier molecular flexibility index (Phi) is 20.5. The molecule has 0 amide bonds. The van der Waals surface area contributed by atoms with Crippen LogP contribution in [0.3, 0.4) is 0 Å². The van der Waals surface area contributed by atoms with Crippen LogP contribution in [0.25, 0.3) is 0 Å². The highest BCUT2D eigenvalue weighted by atomic mass is 17.2. The molecule has 0 aliphatic carbocycles. The van der Waals surface area contributed by atoms with Crippen molar-refractivity contribution in [3.63, 3.8) is 0 Å². The van der Waals surface area contributed by atoms with E-state index in [2.05, 4.69) is 26.0 Å². The zero-order chi connectivity index (χ0) is 18.4. The van der Waals surface area contributed by atoms with Crippen molar-refractivity contribution < 1.29 is 14.6 Å². The van der Waals surface area contributed by atoms with Gasteiger partial charge in [0.1, 0.15) is 0 Å². The number of unbranched alkanes of at least 4 members (excludes halogenated alkanes) is 12. The van der Waals surface area contributed by atoms with Crippen LogP contribution in [0.15, 0.2) is 12.2 Å². The van der Waals surface area contributed by atoms with Gasteiger partial charge in [0.05, 0.1) is 6.61 Å². The fraction of sp³-hybridized carbons (Fsp3) is 0.864. The van der Waals surface area contributed by atoms with Gasteiger partial charge in [-0.1, -0.05) is 83.8 Å². The van der Waals surface area contributed by atoms with E-state index in [1.54, 1.807) is 0 Å². The fourth-order valence-corrected chi connectivity index (χ4v) is 2.69. The molecule has 0 bridgehead atoms. The van der Waals surface area contributed by atoms with Gasteiger partial charge in [0, 0.05) is 6.42 Å². The van der Waals surface area contributed by atoms with E-state index in [1.165, 1.54) is 70.6 Å². The van der Waals surface area contributed by atoms with Gasteiger partial charge in [-0.25, -0.2) is 4.79 Å². The highest BCUT2D eigenvalue weighted by Crippen LogP contribution is 2.10. The lowest BCUT2D eigenvalue weighted by Gasteiger charge is -2.03. The van der Waals surface area contributed by atoms with E-state index in [4.69, 9.17) is 9.78 Å². The van der Waals surface area contributed by atoms with E-state index in [1.807, 2.05) is 0 Å². The minimum absolute atomic E-state index is 0.228. The number of rotatable bonds is 19. The van der Waals surface area contributed by atoms with Crippen molar-refractivity contribution in [2.45, 2.75) is 117 Å². The molecular formula is C22H42O3. The van der Waals surface area contributed by atoms with E-state index in [0.717, 1.165) is 25.7 Å². The Balaban J connectivity index is 3.17. The number of carbonyl (C=O) groups excluding carboxylic acids is 1. The van der Waals surface area contributed by atoms with E-state index >= 15 is 0 Å². The van der Waals surface area contributed by atoms with Crippen molar-refractivity contribution >= 4 is 5.97 Å². The summed E-state index contributed by atoms with van der Waals surface area (Å²) in [5.74, 6) is -0.228. The van der Waals surface area contributed by atoms with Gasteiger partial charge >= 0.3 is 5.97 Å². The number of carbonyl (C=O) groups is 1. The van der Waals surface area contributed by atoms with E-state index in [0.29, 0.717) is 13.0 Å². The van der Waals surface area contributed by atoms with Crippen molar-refractivity contribution in [2.75, 3.05) is 6.61 Å². The summed E-state index contributed by atoms with van der Waals surface area (Å²) in [5, 5.41) is 0. The second kappa shape index (κ2) is 21.2. The molecule has 0 heterocycles. The molecule has 25 heavy (non-hydrogen) atoms. The Bertz CT molecular complexity index is 300. The maximum absolute atomic E-state index is 11.4. The summed E-state index contributed by atoms with van der Waals surface area (Å²) in [6.45, 7) is 4.85. The van der Waals surface area contributed by atoms with Gasteiger partial charge in [-0.15, -0.1) is 0 Å².